The lowest BCUT2D eigenvalue weighted by molar-refractivity contribution is -0.125. The summed E-state index contributed by atoms with van der Waals surface area (Å²) in [4.78, 5) is 0. The molecular formula is C14H25NO. The van der Waals surface area contributed by atoms with Crippen molar-refractivity contribution in [3.8, 4) is 0 Å². The van der Waals surface area contributed by atoms with E-state index in [1.54, 1.807) is 0 Å². The summed E-state index contributed by atoms with van der Waals surface area (Å²) in [6.45, 7) is 9.16. The van der Waals surface area contributed by atoms with Gasteiger partial charge in [0, 0.05) is 12.6 Å². The zero-order valence-electron chi connectivity index (χ0n) is 10.9. The molecule has 3 unspecified atom stereocenters. The predicted molar refractivity (Wildman–Crippen MR) is 65.4 cm³/mol. The highest BCUT2D eigenvalue weighted by Crippen LogP contribution is 2.55. The minimum atomic E-state index is 0.156. The van der Waals surface area contributed by atoms with E-state index in [0.717, 1.165) is 19.1 Å². The number of rotatable bonds is 1. The standard InChI is InChI=1S/C14H25NO/c1-10-8-13(2,3)9-14(10)12(11-4-5-11)15-6-7-16-14/h10-12,15H,4-9H2,1-3H3. The van der Waals surface area contributed by atoms with Crippen molar-refractivity contribution in [2.75, 3.05) is 13.2 Å². The molecule has 1 N–H and O–H groups in total. The first-order valence-corrected chi connectivity index (χ1v) is 6.91. The van der Waals surface area contributed by atoms with Crippen LogP contribution in [0, 0.1) is 17.3 Å². The molecule has 0 aromatic rings. The zero-order chi connectivity index (χ0) is 11.4. The maximum atomic E-state index is 6.33. The maximum absolute atomic E-state index is 6.33. The number of morpholine rings is 1. The van der Waals surface area contributed by atoms with Crippen molar-refractivity contribution in [1.29, 1.82) is 0 Å². The summed E-state index contributed by atoms with van der Waals surface area (Å²) in [5, 5.41) is 3.76. The molecule has 2 saturated carbocycles. The molecule has 0 amide bonds. The van der Waals surface area contributed by atoms with Crippen LogP contribution in [0.1, 0.15) is 46.5 Å². The first kappa shape index (κ1) is 11.0. The Balaban J connectivity index is 1.88. The Morgan fingerprint density at radius 3 is 2.56 bits per heavy atom. The number of ether oxygens (including phenoxy) is 1. The van der Waals surface area contributed by atoms with Crippen LogP contribution in [0.5, 0.6) is 0 Å². The van der Waals surface area contributed by atoms with E-state index >= 15 is 0 Å². The normalized spacial score (nSPS) is 47.4. The highest BCUT2D eigenvalue weighted by atomic mass is 16.5. The molecule has 0 bridgehead atoms. The molecule has 1 saturated heterocycles. The van der Waals surface area contributed by atoms with Gasteiger partial charge in [0.25, 0.3) is 0 Å². The van der Waals surface area contributed by atoms with Gasteiger partial charge in [0.15, 0.2) is 0 Å². The lowest BCUT2D eigenvalue weighted by Crippen LogP contribution is -2.60. The molecule has 3 rings (SSSR count). The minimum Gasteiger partial charge on any atom is -0.372 e. The fourth-order valence-corrected chi connectivity index (χ4v) is 4.32. The molecule has 2 aliphatic carbocycles. The SMILES string of the molecule is CC1CC(C)(C)CC12OCCNC2C1CC1. The monoisotopic (exact) mass is 223 g/mol. The fourth-order valence-electron chi connectivity index (χ4n) is 4.32. The second kappa shape index (κ2) is 3.46. The molecule has 1 heterocycles. The Morgan fingerprint density at radius 1 is 1.25 bits per heavy atom. The molecule has 2 nitrogen and oxygen atoms in total. The molecule has 3 atom stereocenters. The third kappa shape index (κ3) is 1.62. The summed E-state index contributed by atoms with van der Waals surface area (Å²) < 4.78 is 6.33. The quantitative estimate of drug-likeness (QED) is 0.737. The van der Waals surface area contributed by atoms with Gasteiger partial charge in [0.2, 0.25) is 0 Å². The van der Waals surface area contributed by atoms with E-state index in [-0.39, 0.29) is 5.60 Å². The predicted octanol–water partition coefficient (Wildman–Crippen LogP) is 2.58. The van der Waals surface area contributed by atoms with Gasteiger partial charge in [-0.15, -0.1) is 0 Å². The molecule has 92 valence electrons. The summed E-state index contributed by atoms with van der Waals surface area (Å²) in [6, 6.07) is 0.637. The summed E-state index contributed by atoms with van der Waals surface area (Å²) >= 11 is 0. The van der Waals surface area contributed by atoms with Crippen LogP contribution >= 0.6 is 0 Å². The Bertz CT molecular complexity index is 284. The Hall–Kier alpha value is -0.0800. The first-order chi connectivity index (χ1) is 7.54. The van der Waals surface area contributed by atoms with E-state index in [4.69, 9.17) is 4.74 Å². The van der Waals surface area contributed by atoms with E-state index in [2.05, 4.69) is 26.1 Å². The first-order valence-electron chi connectivity index (χ1n) is 6.91. The van der Waals surface area contributed by atoms with Crippen LogP contribution in [0.2, 0.25) is 0 Å². The molecule has 1 spiro atoms. The van der Waals surface area contributed by atoms with E-state index in [0.29, 0.717) is 17.4 Å². The molecular weight excluding hydrogens is 198 g/mol. The van der Waals surface area contributed by atoms with Crippen molar-refractivity contribution >= 4 is 0 Å². The Kier molecular flexibility index (Phi) is 2.38. The number of hydrogen-bond donors (Lipinski definition) is 1. The van der Waals surface area contributed by atoms with Crippen LogP contribution in [0.4, 0.5) is 0 Å². The molecule has 3 fully saturated rings. The van der Waals surface area contributed by atoms with Crippen molar-refractivity contribution in [2.45, 2.75) is 58.1 Å². The van der Waals surface area contributed by atoms with Crippen LogP contribution in [-0.4, -0.2) is 24.8 Å². The van der Waals surface area contributed by atoms with Crippen LogP contribution in [0.25, 0.3) is 0 Å². The average Bonchev–Trinajstić information content (AvgIpc) is 2.96. The lowest BCUT2D eigenvalue weighted by Gasteiger charge is -2.46. The Morgan fingerprint density at radius 2 is 2.00 bits per heavy atom. The molecule has 16 heavy (non-hydrogen) atoms. The van der Waals surface area contributed by atoms with Crippen molar-refractivity contribution < 1.29 is 4.74 Å². The second-order valence-corrected chi connectivity index (χ2v) is 7.02. The van der Waals surface area contributed by atoms with Gasteiger partial charge in [0.05, 0.1) is 12.2 Å². The van der Waals surface area contributed by atoms with Crippen molar-refractivity contribution in [3.63, 3.8) is 0 Å². The van der Waals surface area contributed by atoms with Crippen LogP contribution in [-0.2, 0) is 4.74 Å². The topological polar surface area (TPSA) is 21.3 Å². The van der Waals surface area contributed by atoms with E-state index < -0.39 is 0 Å². The van der Waals surface area contributed by atoms with E-state index in [1.165, 1.54) is 25.7 Å². The van der Waals surface area contributed by atoms with Crippen molar-refractivity contribution in [1.82, 2.24) is 5.32 Å². The van der Waals surface area contributed by atoms with E-state index in [9.17, 15) is 0 Å². The van der Waals surface area contributed by atoms with Gasteiger partial charge >= 0.3 is 0 Å². The highest BCUT2D eigenvalue weighted by Gasteiger charge is 2.58. The molecule has 0 aromatic carbocycles. The van der Waals surface area contributed by atoms with Crippen LogP contribution in [0.15, 0.2) is 0 Å². The summed E-state index contributed by atoms with van der Waals surface area (Å²) in [5.74, 6) is 1.61. The average molecular weight is 223 g/mol. The van der Waals surface area contributed by atoms with Crippen LogP contribution < -0.4 is 5.32 Å². The Labute approximate surface area is 99.1 Å². The minimum absolute atomic E-state index is 0.156. The van der Waals surface area contributed by atoms with Gasteiger partial charge in [-0.25, -0.2) is 0 Å². The fraction of sp³-hybridized carbons (Fsp3) is 1.00. The molecule has 2 heteroatoms. The van der Waals surface area contributed by atoms with Crippen molar-refractivity contribution in [2.24, 2.45) is 17.3 Å². The number of nitrogens with one attached hydrogen (secondary N) is 1. The lowest BCUT2D eigenvalue weighted by atomic mass is 9.80. The summed E-state index contributed by atoms with van der Waals surface area (Å²) in [5.41, 5.74) is 0.620. The smallest absolute Gasteiger partial charge is 0.0868 e. The van der Waals surface area contributed by atoms with Crippen molar-refractivity contribution in [3.05, 3.63) is 0 Å². The summed E-state index contributed by atoms with van der Waals surface area (Å²) in [6.07, 6.45) is 5.39. The van der Waals surface area contributed by atoms with Gasteiger partial charge in [-0.3, -0.25) is 0 Å². The highest BCUT2D eigenvalue weighted by molar-refractivity contribution is 5.11. The summed E-state index contributed by atoms with van der Waals surface area (Å²) in [7, 11) is 0. The molecule has 0 radical (unpaired) electrons. The van der Waals surface area contributed by atoms with E-state index in [1.807, 2.05) is 0 Å². The largest absolute Gasteiger partial charge is 0.372 e. The third-order valence-corrected chi connectivity index (χ3v) is 4.90. The third-order valence-electron chi connectivity index (χ3n) is 4.90. The molecule has 0 aromatic heterocycles. The van der Waals surface area contributed by atoms with Gasteiger partial charge in [0.1, 0.15) is 0 Å². The van der Waals surface area contributed by atoms with Gasteiger partial charge < -0.3 is 10.1 Å². The maximum Gasteiger partial charge on any atom is 0.0868 e. The molecule has 3 aliphatic rings. The molecule has 1 aliphatic heterocycles. The van der Waals surface area contributed by atoms with Crippen LogP contribution in [0.3, 0.4) is 0 Å². The van der Waals surface area contributed by atoms with Gasteiger partial charge in [-0.05, 0) is 42.9 Å². The van der Waals surface area contributed by atoms with Gasteiger partial charge in [-0.1, -0.05) is 20.8 Å². The second-order valence-electron chi connectivity index (χ2n) is 7.02. The zero-order valence-corrected chi connectivity index (χ0v) is 10.9. The van der Waals surface area contributed by atoms with Gasteiger partial charge in [-0.2, -0.15) is 0 Å². The number of hydrogen-bond acceptors (Lipinski definition) is 2.